The lowest BCUT2D eigenvalue weighted by molar-refractivity contribution is -0.119. The van der Waals surface area contributed by atoms with Crippen LogP contribution in [0.5, 0.6) is 0 Å². The number of rotatable bonds is 7. The minimum Gasteiger partial charge on any atom is -0.351 e. The average Bonchev–Trinajstić information content (AvgIpc) is 3.21. The maximum absolute atomic E-state index is 12.2. The van der Waals surface area contributed by atoms with Crippen LogP contribution in [0.1, 0.15) is 19.0 Å². The number of aromatic amines is 1. The molecule has 3 aromatic rings. The highest BCUT2D eigenvalue weighted by Gasteiger charge is 2.13. The van der Waals surface area contributed by atoms with Gasteiger partial charge in [0.25, 0.3) is 11.3 Å². The Morgan fingerprint density at radius 1 is 1.44 bits per heavy atom. The second-order valence-corrected chi connectivity index (χ2v) is 6.58. The number of aryl methyl sites for hydroxylation is 1. The van der Waals surface area contributed by atoms with Gasteiger partial charge in [-0.05, 0) is 13.3 Å². The van der Waals surface area contributed by atoms with Crippen molar-refractivity contribution in [3.63, 3.8) is 0 Å². The number of nitrogens with zero attached hydrogens (tertiary/aromatic N) is 5. The molecule has 3 aromatic heterocycles. The van der Waals surface area contributed by atoms with Crippen LogP contribution in [0.15, 0.2) is 34.7 Å². The Bertz CT molecular complexity index is 916. The Morgan fingerprint density at radius 2 is 2.28 bits per heavy atom. The van der Waals surface area contributed by atoms with Crippen LogP contribution in [0.4, 0.5) is 0 Å². The highest BCUT2D eigenvalue weighted by molar-refractivity contribution is 7.99. The molecule has 3 heterocycles. The van der Waals surface area contributed by atoms with E-state index in [4.69, 9.17) is 0 Å². The molecule has 0 aliphatic heterocycles. The Balaban J connectivity index is 1.58. The minimum atomic E-state index is -0.224. The monoisotopic (exact) mass is 361 g/mol. The second kappa shape index (κ2) is 7.51. The molecular formula is C15H19N7O2S. The first-order valence-electron chi connectivity index (χ1n) is 7.89. The first kappa shape index (κ1) is 17.2. The van der Waals surface area contributed by atoms with E-state index in [0.717, 1.165) is 6.42 Å². The van der Waals surface area contributed by atoms with Gasteiger partial charge in [-0.15, -0.1) is 0 Å². The third-order valence-corrected chi connectivity index (χ3v) is 4.49. The molecule has 0 saturated carbocycles. The van der Waals surface area contributed by atoms with Crippen LogP contribution in [0.2, 0.25) is 0 Å². The fraction of sp³-hybridized carbons (Fsp3) is 0.400. The summed E-state index contributed by atoms with van der Waals surface area (Å²) in [4.78, 5) is 36.4. The smallest absolute Gasteiger partial charge is 0.274 e. The van der Waals surface area contributed by atoms with Crippen LogP contribution >= 0.6 is 11.8 Å². The lowest BCUT2D eigenvalue weighted by atomic mass is 10.2. The summed E-state index contributed by atoms with van der Waals surface area (Å²) in [6.07, 6.45) is 6.12. The van der Waals surface area contributed by atoms with Gasteiger partial charge in [0.1, 0.15) is 0 Å². The van der Waals surface area contributed by atoms with Crippen LogP contribution < -0.4 is 10.9 Å². The number of hydrogen-bond donors (Lipinski definition) is 2. The number of H-pyrrole nitrogens is 1. The average molecular weight is 361 g/mol. The van der Waals surface area contributed by atoms with E-state index < -0.39 is 0 Å². The van der Waals surface area contributed by atoms with Crippen LogP contribution in [-0.4, -0.2) is 46.8 Å². The SMILES string of the molecule is CCC(Cn1ccnc1)NC(=O)CSc1nc2nc(C)cc(=O)n2[nH]1. The normalized spacial score (nSPS) is 12.4. The van der Waals surface area contributed by atoms with Crippen molar-refractivity contribution in [3.05, 3.63) is 40.8 Å². The Morgan fingerprint density at radius 3 is 3.00 bits per heavy atom. The van der Waals surface area contributed by atoms with Crippen molar-refractivity contribution in [1.29, 1.82) is 0 Å². The summed E-state index contributed by atoms with van der Waals surface area (Å²) in [7, 11) is 0. The number of hydrogen-bond acceptors (Lipinski definition) is 6. The van der Waals surface area contributed by atoms with Gasteiger partial charge in [-0.2, -0.15) is 9.50 Å². The molecule has 25 heavy (non-hydrogen) atoms. The summed E-state index contributed by atoms with van der Waals surface area (Å²) in [5, 5.41) is 6.33. The molecule has 0 spiro atoms. The molecule has 0 radical (unpaired) electrons. The summed E-state index contributed by atoms with van der Waals surface area (Å²) in [6, 6.07) is 1.46. The van der Waals surface area contributed by atoms with Crippen LogP contribution in [0.3, 0.4) is 0 Å². The van der Waals surface area contributed by atoms with Crippen molar-refractivity contribution in [2.24, 2.45) is 0 Å². The summed E-state index contributed by atoms with van der Waals surface area (Å²) in [5.41, 5.74) is 0.383. The Hall–Kier alpha value is -2.62. The number of imidazole rings is 1. The molecule has 2 N–H and O–H groups in total. The van der Waals surface area contributed by atoms with E-state index in [-0.39, 0.29) is 23.3 Å². The third kappa shape index (κ3) is 4.27. The molecule has 0 saturated heterocycles. The van der Waals surface area contributed by atoms with E-state index >= 15 is 0 Å². The predicted octanol–water partition coefficient (Wildman–Crippen LogP) is 0.610. The van der Waals surface area contributed by atoms with Gasteiger partial charge in [0.2, 0.25) is 5.91 Å². The van der Waals surface area contributed by atoms with E-state index in [2.05, 4.69) is 25.4 Å². The van der Waals surface area contributed by atoms with Gasteiger partial charge >= 0.3 is 0 Å². The number of thioether (sulfide) groups is 1. The van der Waals surface area contributed by atoms with Crippen LogP contribution in [0, 0.1) is 6.92 Å². The lowest BCUT2D eigenvalue weighted by Crippen LogP contribution is -2.38. The van der Waals surface area contributed by atoms with Gasteiger partial charge in [-0.1, -0.05) is 18.7 Å². The fourth-order valence-corrected chi connectivity index (χ4v) is 3.02. The summed E-state index contributed by atoms with van der Waals surface area (Å²) < 4.78 is 3.20. The molecule has 0 fully saturated rings. The third-order valence-electron chi connectivity index (χ3n) is 3.63. The highest BCUT2D eigenvalue weighted by Crippen LogP contribution is 2.13. The van der Waals surface area contributed by atoms with Crippen molar-refractivity contribution in [1.82, 2.24) is 34.4 Å². The molecule has 9 nitrogen and oxygen atoms in total. The lowest BCUT2D eigenvalue weighted by Gasteiger charge is -2.17. The van der Waals surface area contributed by atoms with E-state index in [1.807, 2.05) is 17.7 Å². The minimum absolute atomic E-state index is 0.0323. The van der Waals surface area contributed by atoms with Crippen LogP contribution in [-0.2, 0) is 11.3 Å². The molecule has 132 valence electrons. The number of aromatic nitrogens is 6. The number of carbonyl (C=O) groups is 1. The number of carbonyl (C=O) groups excluding carboxylic acids is 1. The van der Waals surface area contributed by atoms with Gasteiger partial charge < -0.3 is 9.88 Å². The van der Waals surface area contributed by atoms with E-state index in [1.54, 1.807) is 19.4 Å². The van der Waals surface area contributed by atoms with E-state index in [0.29, 0.717) is 23.2 Å². The largest absolute Gasteiger partial charge is 0.351 e. The number of fused-ring (bicyclic) bond motifs is 1. The number of nitrogens with one attached hydrogen (secondary N) is 2. The summed E-state index contributed by atoms with van der Waals surface area (Å²) in [5.74, 6) is 0.418. The Kier molecular flexibility index (Phi) is 5.17. The first-order valence-corrected chi connectivity index (χ1v) is 8.88. The highest BCUT2D eigenvalue weighted by atomic mass is 32.2. The molecule has 1 unspecified atom stereocenters. The second-order valence-electron chi connectivity index (χ2n) is 5.62. The van der Waals surface area contributed by atoms with Crippen LogP contribution in [0.25, 0.3) is 5.78 Å². The van der Waals surface area contributed by atoms with Crippen molar-refractivity contribution >= 4 is 23.4 Å². The maximum Gasteiger partial charge on any atom is 0.274 e. The summed E-state index contributed by atoms with van der Waals surface area (Å²) >= 11 is 1.23. The quantitative estimate of drug-likeness (QED) is 0.597. The first-order chi connectivity index (χ1) is 12.0. The predicted molar refractivity (Wildman–Crippen MR) is 93.5 cm³/mol. The molecule has 0 aliphatic carbocycles. The van der Waals surface area contributed by atoms with Crippen molar-refractivity contribution in [3.8, 4) is 0 Å². The molecule has 1 atom stereocenters. The molecule has 1 amide bonds. The molecule has 0 aliphatic rings. The van der Waals surface area contributed by atoms with Gasteiger partial charge in [-0.25, -0.2) is 9.97 Å². The zero-order chi connectivity index (χ0) is 17.8. The van der Waals surface area contributed by atoms with E-state index in [9.17, 15) is 9.59 Å². The van der Waals surface area contributed by atoms with Gasteiger partial charge in [0.05, 0.1) is 12.1 Å². The zero-order valence-electron chi connectivity index (χ0n) is 14.0. The maximum atomic E-state index is 12.2. The fourth-order valence-electron chi connectivity index (χ4n) is 2.37. The topological polar surface area (TPSA) is 110 Å². The van der Waals surface area contributed by atoms with Gasteiger partial charge in [0, 0.05) is 36.7 Å². The van der Waals surface area contributed by atoms with Gasteiger partial charge in [0.15, 0.2) is 5.16 Å². The summed E-state index contributed by atoms with van der Waals surface area (Å²) in [6.45, 7) is 4.44. The Labute approximate surface area is 147 Å². The number of amides is 1. The zero-order valence-corrected chi connectivity index (χ0v) is 14.8. The molecule has 3 rings (SSSR count). The van der Waals surface area contributed by atoms with E-state index in [1.165, 1.54) is 22.3 Å². The van der Waals surface area contributed by atoms with Crippen molar-refractivity contribution in [2.45, 2.75) is 38.0 Å². The molecule has 10 heteroatoms. The van der Waals surface area contributed by atoms with Gasteiger partial charge in [-0.3, -0.25) is 14.7 Å². The molecule has 0 bridgehead atoms. The van der Waals surface area contributed by atoms with Crippen molar-refractivity contribution in [2.75, 3.05) is 5.75 Å². The van der Waals surface area contributed by atoms with Crippen molar-refractivity contribution < 1.29 is 4.79 Å². The standard InChI is InChI=1S/C15H19N7O2S/c1-3-11(7-21-5-4-16-9-21)18-12(23)8-25-15-19-14-17-10(2)6-13(24)22(14)20-15/h4-6,9,11H,3,7-8H2,1-2H3,(H,18,23)(H,17,19,20). The molecule has 0 aromatic carbocycles. The molecular weight excluding hydrogens is 342 g/mol.